The lowest BCUT2D eigenvalue weighted by atomic mass is 10.1. The van der Waals surface area contributed by atoms with Gasteiger partial charge < -0.3 is 5.11 Å². The van der Waals surface area contributed by atoms with E-state index in [-0.39, 0.29) is 10.9 Å². The number of rotatable bonds is 4. The first-order valence-corrected chi connectivity index (χ1v) is 10.0. The van der Waals surface area contributed by atoms with E-state index in [9.17, 15) is 13.5 Å². The Morgan fingerprint density at radius 1 is 1.35 bits per heavy atom. The van der Waals surface area contributed by atoms with Gasteiger partial charge in [-0.05, 0) is 38.1 Å². The highest BCUT2D eigenvalue weighted by Crippen LogP contribution is 2.33. The quantitative estimate of drug-likeness (QED) is 0.913. The van der Waals surface area contributed by atoms with Gasteiger partial charge in [-0.15, -0.1) is 11.3 Å². The monoisotopic (exact) mass is 355 g/mol. The molecule has 0 spiro atoms. The molecule has 0 aromatic carbocycles. The molecule has 0 amide bonds. The largest absolute Gasteiger partial charge is 0.393 e. The SMILES string of the molecule is CC(C)n1cc(S(=O)(=O)N2CCC(O)CC2)c(-c2cccs2)n1. The van der Waals surface area contributed by atoms with Crippen molar-refractivity contribution in [1.82, 2.24) is 14.1 Å². The molecule has 1 aliphatic heterocycles. The van der Waals surface area contributed by atoms with Crippen molar-refractivity contribution in [2.24, 2.45) is 0 Å². The summed E-state index contributed by atoms with van der Waals surface area (Å²) in [6, 6.07) is 3.86. The van der Waals surface area contributed by atoms with E-state index in [1.54, 1.807) is 10.9 Å². The first-order chi connectivity index (χ1) is 10.9. The van der Waals surface area contributed by atoms with E-state index in [0.717, 1.165) is 4.88 Å². The lowest BCUT2D eigenvalue weighted by Crippen LogP contribution is -2.40. The van der Waals surface area contributed by atoms with Crippen molar-refractivity contribution >= 4 is 21.4 Å². The fraction of sp³-hybridized carbons (Fsp3) is 0.533. The summed E-state index contributed by atoms with van der Waals surface area (Å²) in [5.41, 5.74) is 0.514. The Balaban J connectivity index is 2.04. The number of hydrogen-bond acceptors (Lipinski definition) is 5. The fourth-order valence-electron chi connectivity index (χ4n) is 2.63. The standard InChI is InChI=1S/C15H21N3O3S2/c1-11(2)18-10-14(15(16-18)13-4-3-9-22-13)23(20,21)17-7-5-12(19)6-8-17/h3-4,9-12,19H,5-8H2,1-2H3. The van der Waals surface area contributed by atoms with Gasteiger partial charge in [0, 0.05) is 25.3 Å². The molecule has 0 bridgehead atoms. The topological polar surface area (TPSA) is 75.4 Å². The van der Waals surface area contributed by atoms with Crippen molar-refractivity contribution in [2.75, 3.05) is 13.1 Å². The van der Waals surface area contributed by atoms with Crippen LogP contribution in [0.3, 0.4) is 0 Å². The zero-order valence-corrected chi connectivity index (χ0v) is 14.8. The molecule has 3 rings (SSSR count). The van der Waals surface area contributed by atoms with Crippen LogP contribution < -0.4 is 0 Å². The molecule has 0 saturated carbocycles. The Morgan fingerprint density at radius 3 is 2.61 bits per heavy atom. The molecule has 1 fully saturated rings. The molecule has 0 unspecified atom stereocenters. The van der Waals surface area contributed by atoms with Gasteiger partial charge in [-0.25, -0.2) is 8.42 Å². The number of aliphatic hydroxyl groups is 1. The van der Waals surface area contributed by atoms with Crippen LogP contribution in [0, 0.1) is 0 Å². The summed E-state index contributed by atoms with van der Waals surface area (Å²) in [5, 5.41) is 16.0. The highest BCUT2D eigenvalue weighted by Gasteiger charge is 2.33. The third-order valence-corrected chi connectivity index (χ3v) is 6.80. The minimum Gasteiger partial charge on any atom is -0.393 e. The summed E-state index contributed by atoms with van der Waals surface area (Å²) in [5.74, 6) is 0. The molecule has 1 saturated heterocycles. The molecule has 2 aromatic heterocycles. The Hall–Kier alpha value is -1.22. The number of sulfonamides is 1. The highest BCUT2D eigenvalue weighted by atomic mass is 32.2. The fourth-order valence-corrected chi connectivity index (χ4v) is 5.03. The average Bonchev–Trinajstić information content (AvgIpc) is 3.17. The molecule has 1 N–H and O–H groups in total. The minimum absolute atomic E-state index is 0.0841. The number of nitrogens with zero attached hydrogens (tertiary/aromatic N) is 3. The molecule has 6 nitrogen and oxygen atoms in total. The molecule has 126 valence electrons. The third-order valence-electron chi connectivity index (χ3n) is 4.02. The van der Waals surface area contributed by atoms with Crippen LogP contribution in [0.1, 0.15) is 32.7 Å². The molecule has 0 aliphatic carbocycles. The maximum absolute atomic E-state index is 13.0. The molecule has 8 heteroatoms. The molecule has 0 atom stereocenters. The lowest BCUT2D eigenvalue weighted by molar-refractivity contribution is 0.113. The Labute approximate surface area is 140 Å². The van der Waals surface area contributed by atoms with Crippen LogP contribution in [0.15, 0.2) is 28.6 Å². The summed E-state index contributed by atoms with van der Waals surface area (Å²) in [6.07, 6.45) is 2.18. The van der Waals surface area contributed by atoms with E-state index in [0.29, 0.717) is 31.6 Å². The van der Waals surface area contributed by atoms with Crippen molar-refractivity contribution in [2.45, 2.75) is 43.7 Å². The van der Waals surface area contributed by atoms with Gasteiger partial charge in [-0.1, -0.05) is 6.07 Å². The van der Waals surface area contributed by atoms with Crippen LogP contribution in [-0.2, 0) is 10.0 Å². The summed E-state index contributed by atoms with van der Waals surface area (Å²) in [4.78, 5) is 1.10. The second kappa shape index (κ2) is 6.35. The highest BCUT2D eigenvalue weighted by molar-refractivity contribution is 7.89. The molecular weight excluding hydrogens is 334 g/mol. The number of aromatic nitrogens is 2. The summed E-state index contributed by atoms with van der Waals surface area (Å²) >= 11 is 1.48. The lowest BCUT2D eigenvalue weighted by Gasteiger charge is -2.28. The van der Waals surface area contributed by atoms with Gasteiger partial charge in [0.05, 0.1) is 11.0 Å². The second-order valence-electron chi connectivity index (χ2n) is 6.03. The Kier molecular flexibility index (Phi) is 4.59. The summed E-state index contributed by atoms with van der Waals surface area (Å²) < 4.78 is 29.2. The summed E-state index contributed by atoms with van der Waals surface area (Å²) in [6.45, 7) is 4.64. The van der Waals surface area contributed by atoms with Gasteiger partial charge in [-0.2, -0.15) is 9.40 Å². The van der Waals surface area contributed by atoms with Crippen LogP contribution in [0.25, 0.3) is 10.6 Å². The van der Waals surface area contributed by atoms with E-state index in [2.05, 4.69) is 5.10 Å². The van der Waals surface area contributed by atoms with Crippen molar-refractivity contribution in [1.29, 1.82) is 0 Å². The number of thiophene rings is 1. The maximum atomic E-state index is 13.0. The van der Waals surface area contributed by atoms with Crippen LogP contribution in [0.4, 0.5) is 0 Å². The first kappa shape index (κ1) is 16.6. The second-order valence-corrected chi connectivity index (χ2v) is 8.88. The Bertz CT molecular complexity index is 758. The molecule has 23 heavy (non-hydrogen) atoms. The molecule has 1 aliphatic rings. The minimum atomic E-state index is -3.61. The summed E-state index contributed by atoms with van der Waals surface area (Å²) in [7, 11) is -3.61. The van der Waals surface area contributed by atoms with Gasteiger partial charge >= 0.3 is 0 Å². The van der Waals surface area contributed by atoms with Gasteiger partial charge in [-0.3, -0.25) is 4.68 Å². The van der Waals surface area contributed by atoms with E-state index in [1.165, 1.54) is 15.6 Å². The average molecular weight is 355 g/mol. The molecule has 3 heterocycles. The molecular formula is C15H21N3O3S2. The van der Waals surface area contributed by atoms with Gasteiger partial charge in [0.1, 0.15) is 10.6 Å². The van der Waals surface area contributed by atoms with Crippen molar-refractivity contribution in [3.05, 3.63) is 23.7 Å². The van der Waals surface area contributed by atoms with E-state index >= 15 is 0 Å². The molecule has 0 radical (unpaired) electrons. The number of hydrogen-bond donors (Lipinski definition) is 1. The molecule has 2 aromatic rings. The van der Waals surface area contributed by atoms with Gasteiger partial charge in [0.25, 0.3) is 0 Å². The predicted octanol–water partition coefficient (Wildman–Crippen LogP) is 2.34. The predicted molar refractivity (Wildman–Crippen MR) is 89.9 cm³/mol. The normalized spacial score (nSPS) is 17.9. The first-order valence-electron chi connectivity index (χ1n) is 7.71. The number of aliphatic hydroxyl groups excluding tert-OH is 1. The van der Waals surface area contributed by atoms with Gasteiger partial charge in [0.15, 0.2) is 0 Å². The van der Waals surface area contributed by atoms with Crippen LogP contribution in [0.2, 0.25) is 0 Å². The van der Waals surface area contributed by atoms with Crippen molar-refractivity contribution < 1.29 is 13.5 Å². The zero-order valence-electron chi connectivity index (χ0n) is 13.2. The van der Waals surface area contributed by atoms with E-state index in [1.807, 2.05) is 31.4 Å². The smallest absolute Gasteiger partial charge is 0.246 e. The Morgan fingerprint density at radius 2 is 2.04 bits per heavy atom. The zero-order chi connectivity index (χ0) is 16.6. The van der Waals surface area contributed by atoms with Crippen molar-refractivity contribution in [3.63, 3.8) is 0 Å². The van der Waals surface area contributed by atoms with Crippen LogP contribution >= 0.6 is 11.3 Å². The van der Waals surface area contributed by atoms with Crippen LogP contribution in [0.5, 0.6) is 0 Å². The maximum Gasteiger partial charge on any atom is 0.246 e. The van der Waals surface area contributed by atoms with Crippen molar-refractivity contribution in [3.8, 4) is 10.6 Å². The number of piperidine rings is 1. The van der Waals surface area contributed by atoms with Gasteiger partial charge in [0.2, 0.25) is 10.0 Å². The van der Waals surface area contributed by atoms with E-state index in [4.69, 9.17) is 0 Å². The van der Waals surface area contributed by atoms with E-state index < -0.39 is 16.1 Å². The van der Waals surface area contributed by atoms with Crippen LogP contribution in [-0.4, -0.2) is 46.8 Å². The third kappa shape index (κ3) is 3.21.